The van der Waals surface area contributed by atoms with Crippen LogP contribution in [0.3, 0.4) is 0 Å². The maximum absolute atomic E-state index is 14.4. The van der Waals surface area contributed by atoms with Gasteiger partial charge in [-0.05, 0) is 23.5 Å². The SMILES string of the molecule is COc1cccc(C(NN)c2snnc2C(C)C)c1F. The Morgan fingerprint density at radius 3 is 2.75 bits per heavy atom. The first-order valence-corrected chi connectivity index (χ1v) is 6.98. The summed E-state index contributed by atoms with van der Waals surface area (Å²) in [6, 6.07) is 4.47. The van der Waals surface area contributed by atoms with Gasteiger partial charge in [0, 0.05) is 5.56 Å². The van der Waals surface area contributed by atoms with Crippen LogP contribution in [0.2, 0.25) is 0 Å². The molecule has 7 heteroatoms. The van der Waals surface area contributed by atoms with Crippen LogP contribution in [0.15, 0.2) is 18.2 Å². The summed E-state index contributed by atoms with van der Waals surface area (Å²) in [6.45, 7) is 4.02. The number of nitrogens with two attached hydrogens (primary N) is 1. The van der Waals surface area contributed by atoms with Crippen LogP contribution in [0.1, 0.15) is 41.9 Å². The van der Waals surface area contributed by atoms with Crippen LogP contribution in [0.4, 0.5) is 4.39 Å². The fraction of sp³-hybridized carbons (Fsp3) is 0.385. The minimum Gasteiger partial charge on any atom is -0.494 e. The second-order valence-electron chi connectivity index (χ2n) is 4.64. The van der Waals surface area contributed by atoms with E-state index in [1.807, 2.05) is 13.8 Å². The van der Waals surface area contributed by atoms with Crippen LogP contribution in [-0.4, -0.2) is 16.7 Å². The Balaban J connectivity index is 2.50. The highest BCUT2D eigenvalue weighted by Crippen LogP contribution is 2.33. The zero-order valence-corrected chi connectivity index (χ0v) is 12.4. The second kappa shape index (κ2) is 6.25. The molecule has 0 fully saturated rings. The van der Waals surface area contributed by atoms with Gasteiger partial charge in [0.2, 0.25) is 0 Å². The number of benzene rings is 1. The molecule has 0 saturated carbocycles. The molecule has 1 heterocycles. The molecule has 108 valence electrons. The van der Waals surface area contributed by atoms with Crippen molar-refractivity contribution in [3.8, 4) is 5.75 Å². The van der Waals surface area contributed by atoms with Crippen LogP contribution in [0.5, 0.6) is 5.75 Å². The normalized spacial score (nSPS) is 12.7. The summed E-state index contributed by atoms with van der Waals surface area (Å²) in [6.07, 6.45) is 0. The number of nitrogens with zero attached hydrogens (tertiary/aromatic N) is 2. The smallest absolute Gasteiger partial charge is 0.170 e. The highest BCUT2D eigenvalue weighted by molar-refractivity contribution is 7.05. The highest BCUT2D eigenvalue weighted by atomic mass is 32.1. The summed E-state index contributed by atoms with van der Waals surface area (Å²) >= 11 is 1.22. The monoisotopic (exact) mass is 296 g/mol. The lowest BCUT2D eigenvalue weighted by Gasteiger charge is -2.18. The average molecular weight is 296 g/mol. The molecule has 0 bridgehead atoms. The van der Waals surface area contributed by atoms with E-state index in [0.717, 1.165) is 10.6 Å². The van der Waals surface area contributed by atoms with Crippen molar-refractivity contribution in [3.05, 3.63) is 40.2 Å². The number of hydrazine groups is 1. The Morgan fingerprint density at radius 1 is 1.40 bits per heavy atom. The number of rotatable bonds is 5. The molecule has 2 rings (SSSR count). The predicted molar refractivity (Wildman–Crippen MR) is 76.1 cm³/mol. The van der Waals surface area contributed by atoms with E-state index < -0.39 is 11.9 Å². The third-order valence-corrected chi connectivity index (χ3v) is 3.84. The summed E-state index contributed by atoms with van der Waals surface area (Å²) in [4.78, 5) is 0.814. The number of aromatic nitrogens is 2. The quantitative estimate of drug-likeness (QED) is 0.654. The van der Waals surface area contributed by atoms with Crippen molar-refractivity contribution >= 4 is 11.5 Å². The molecule has 1 atom stereocenters. The van der Waals surface area contributed by atoms with Gasteiger partial charge in [-0.2, -0.15) is 0 Å². The van der Waals surface area contributed by atoms with E-state index in [4.69, 9.17) is 10.6 Å². The van der Waals surface area contributed by atoms with Crippen LogP contribution >= 0.6 is 11.5 Å². The van der Waals surface area contributed by atoms with E-state index in [-0.39, 0.29) is 11.7 Å². The largest absolute Gasteiger partial charge is 0.494 e. The molecular formula is C13H17FN4OS. The van der Waals surface area contributed by atoms with Gasteiger partial charge in [-0.3, -0.25) is 5.84 Å². The molecule has 0 aliphatic carbocycles. The molecule has 1 aromatic heterocycles. The third-order valence-electron chi connectivity index (χ3n) is 3.04. The lowest BCUT2D eigenvalue weighted by Crippen LogP contribution is -2.29. The number of hydrogen-bond donors (Lipinski definition) is 2. The maximum Gasteiger partial charge on any atom is 0.170 e. The zero-order chi connectivity index (χ0) is 14.7. The number of nitrogens with one attached hydrogen (secondary N) is 1. The fourth-order valence-corrected chi connectivity index (χ4v) is 2.91. The zero-order valence-electron chi connectivity index (χ0n) is 11.6. The molecule has 0 radical (unpaired) electrons. The van der Waals surface area contributed by atoms with Gasteiger partial charge in [0.25, 0.3) is 0 Å². The first-order valence-electron chi connectivity index (χ1n) is 6.20. The molecule has 0 spiro atoms. The van der Waals surface area contributed by atoms with E-state index >= 15 is 0 Å². The van der Waals surface area contributed by atoms with Gasteiger partial charge in [0.1, 0.15) is 0 Å². The standard InChI is InChI=1S/C13H17FN4OS/c1-7(2)11-13(20-18-17-11)12(16-15)8-5-4-6-9(19-3)10(8)14/h4-7,12,16H,15H2,1-3H3. The summed E-state index contributed by atoms with van der Waals surface area (Å²) in [5.74, 6) is 5.56. The predicted octanol–water partition coefficient (Wildman–Crippen LogP) is 2.36. The van der Waals surface area contributed by atoms with Crippen LogP contribution in [0.25, 0.3) is 0 Å². The molecule has 3 N–H and O–H groups in total. The van der Waals surface area contributed by atoms with Gasteiger partial charge in [0.05, 0.1) is 23.7 Å². The van der Waals surface area contributed by atoms with Crippen molar-refractivity contribution in [2.24, 2.45) is 5.84 Å². The van der Waals surface area contributed by atoms with E-state index in [1.54, 1.807) is 18.2 Å². The lowest BCUT2D eigenvalue weighted by molar-refractivity contribution is 0.382. The molecule has 5 nitrogen and oxygen atoms in total. The lowest BCUT2D eigenvalue weighted by atomic mass is 10.00. The molecule has 20 heavy (non-hydrogen) atoms. The van der Waals surface area contributed by atoms with E-state index in [0.29, 0.717) is 5.56 Å². The molecule has 2 aromatic rings. The minimum atomic E-state index is -0.498. The van der Waals surface area contributed by atoms with Crippen molar-refractivity contribution in [1.82, 2.24) is 15.0 Å². The number of methoxy groups -OCH3 is 1. The van der Waals surface area contributed by atoms with Crippen LogP contribution in [-0.2, 0) is 0 Å². The number of ether oxygens (including phenoxy) is 1. The van der Waals surface area contributed by atoms with Crippen LogP contribution < -0.4 is 16.0 Å². The molecule has 0 aliphatic rings. The minimum absolute atomic E-state index is 0.186. The molecule has 1 aromatic carbocycles. The molecule has 0 amide bonds. The average Bonchev–Trinajstić information content (AvgIpc) is 2.91. The Kier molecular flexibility index (Phi) is 4.64. The highest BCUT2D eigenvalue weighted by Gasteiger charge is 2.25. The Labute approximate surface area is 121 Å². The number of halogens is 1. The van der Waals surface area contributed by atoms with E-state index in [1.165, 1.54) is 18.6 Å². The van der Waals surface area contributed by atoms with Gasteiger partial charge in [0.15, 0.2) is 11.6 Å². The molecular weight excluding hydrogens is 279 g/mol. The summed E-state index contributed by atoms with van der Waals surface area (Å²) < 4.78 is 23.3. The summed E-state index contributed by atoms with van der Waals surface area (Å²) in [5, 5.41) is 4.10. The second-order valence-corrected chi connectivity index (χ2v) is 5.43. The Hall–Kier alpha value is -1.57. The third kappa shape index (κ3) is 2.65. The van der Waals surface area contributed by atoms with Crippen molar-refractivity contribution in [2.45, 2.75) is 25.8 Å². The fourth-order valence-electron chi connectivity index (χ4n) is 2.02. The van der Waals surface area contributed by atoms with Crippen molar-refractivity contribution in [2.75, 3.05) is 7.11 Å². The van der Waals surface area contributed by atoms with Gasteiger partial charge >= 0.3 is 0 Å². The van der Waals surface area contributed by atoms with Crippen molar-refractivity contribution < 1.29 is 9.13 Å². The summed E-state index contributed by atoms with van der Waals surface area (Å²) in [7, 11) is 1.43. The molecule has 1 unspecified atom stereocenters. The van der Waals surface area contributed by atoms with Crippen molar-refractivity contribution in [3.63, 3.8) is 0 Å². The Morgan fingerprint density at radius 2 is 2.15 bits per heavy atom. The first kappa shape index (κ1) is 14.8. The van der Waals surface area contributed by atoms with E-state index in [9.17, 15) is 4.39 Å². The summed E-state index contributed by atoms with van der Waals surface area (Å²) in [5.41, 5.74) is 3.88. The molecule has 0 aliphatic heterocycles. The van der Waals surface area contributed by atoms with Gasteiger partial charge in [-0.15, -0.1) is 5.10 Å². The van der Waals surface area contributed by atoms with Gasteiger partial charge < -0.3 is 4.74 Å². The van der Waals surface area contributed by atoms with Gasteiger partial charge in [-0.1, -0.05) is 30.5 Å². The van der Waals surface area contributed by atoms with Crippen LogP contribution in [0, 0.1) is 5.82 Å². The van der Waals surface area contributed by atoms with E-state index in [2.05, 4.69) is 15.0 Å². The van der Waals surface area contributed by atoms with Crippen molar-refractivity contribution in [1.29, 1.82) is 0 Å². The van der Waals surface area contributed by atoms with Gasteiger partial charge in [-0.25, -0.2) is 9.82 Å². The number of hydrogen-bond acceptors (Lipinski definition) is 6. The molecule has 0 saturated heterocycles. The Bertz CT molecular complexity index is 588. The topological polar surface area (TPSA) is 73.1 Å². The first-order chi connectivity index (χ1) is 9.60. The maximum atomic E-state index is 14.4.